The van der Waals surface area contributed by atoms with Crippen molar-refractivity contribution in [3.05, 3.63) is 34.1 Å². The normalized spacial score (nSPS) is 13.2. The van der Waals surface area contributed by atoms with Gasteiger partial charge in [-0.25, -0.2) is 0 Å². The lowest BCUT2D eigenvalue weighted by Crippen LogP contribution is -2.39. The van der Waals surface area contributed by atoms with E-state index >= 15 is 0 Å². The van der Waals surface area contributed by atoms with E-state index in [9.17, 15) is 14.5 Å². The van der Waals surface area contributed by atoms with Gasteiger partial charge in [-0.15, -0.1) is 0 Å². The lowest BCUT2D eigenvalue weighted by molar-refractivity contribution is -0.386. The number of anilines is 1. The molecule has 4 nitrogen and oxygen atoms in total. The molecule has 0 aliphatic carbocycles. The van der Waals surface area contributed by atoms with Crippen molar-refractivity contribution in [3.8, 4) is 0 Å². The summed E-state index contributed by atoms with van der Waals surface area (Å²) in [6.07, 6.45) is 0. The Labute approximate surface area is 107 Å². The zero-order valence-electron chi connectivity index (χ0n) is 11.4. The summed E-state index contributed by atoms with van der Waals surface area (Å²) in [6, 6.07) is 4.21. The number of hydrogen-bond acceptors (Lipinski definition) is 3. The van der Waals surface area contributed by atoms with Crippen LogP contribution in [0.2, 0.25) is 0 Å². The van der Waals surface area contributed by atoms with E-state index in [-0.39, 0.29) is 11.5 Å². The monoisotopic (exact) mass is 254 g/mol. The van der Waals surface area contributed by atoms with Crippen molar-refractivity contribution in [1.82, 2.24) is 0 Å². The Morgan fingerprint density at radius 2 is 1.94 bits per heavy atom. The van der Waals surface area contributed by atoms with Crippen LogP contribution in [-0.4, -0.2) is 18.0 Å². The Morgan fingerprint density at radius 3 is 2.39 bits per heavy atom. The SMILES string of the molecule is CC(N(C)c1cccc(F)c1[N+](=O)[O-])C(C)(C)C. The third kappa shape index (κ3) is 2.78. The molecule has 0 aliphatic rings. The van der Waals surface area contributed by atoms with Crippen molar-refractivity contribution < 1.29 is 9.31 Å². The van der Waals surface area contributed by atoms with Crippen LogP contribution in [0, 0.1) is 21.3 Å². The first kappa shape index (κ1) is 14.4. The highest BCUT2D eigenvalue weighted by atomic mass is 19.1. The van der Waals surface area contributed by atoms with E-state index < -0.39 is 16.4 Å². The molecule has 1 atom stereocenters. The molecular weight excluding hydrogens is 235 g/mol. The second-order valence-corrected chi connectivity index (χ2v) is 5.52. The summed E-state index contributed by atoms with van der Waals surface area (Å²) in [6.45, 7) is 8.09. The zero-order chi connectivity index (χ0) is 14.1. The smallest absolute Gasteiger partial charge is 0.327 e. The first-order chi connectivity index (χ1) is 8.16. The Morgan fingerprint density at radius 1 is 1.39 bits per heavy atom. The fraction of sp³-hybridized carbons (Fsp3) is 0.538. The van der Waals surface area contributed by atoms with Crippen LogP contribution >= 0.6 is 0 Å². The van der Waals surface area contributed by atoms with E-state index in [2.05, 4.69) is 0 Å². The molecule has 0 saturated carbocycles. The van der Waals surface area contributed by atoms with E-state index in [1.165, 1.54) is 6.07 Å². The van der Waals surface area contributed by atoms with Gasteiger partial charge in [0.05, 0.1) is 4.92 Å². The van der Waals surface area contributed by atoms with Crippen molar-refractivity contribution in [1.29, 1.82) is 0 Å². The maximum atomic E-state index is 13.6. The zero-order valence-corrected chi connectivity index (χ0v) is 11.4. The molecule has 0 fully saturated rings. The van der Waals surface area contributed by atoms with Crippen molar-refractivity contribution in [3.63, 3.8) is 0 Å². The summed E-state index contributed by atoms with van der Waals surface area (Å²) >= 11 is 0. The van der Waals surface area contributed by atoms with Gasteiger partial charge in [-0.3, -0.25) is 10.1 Å². The second kappa shape index (κ2) is 4.92. The Hall–Kier alpha value is -1.65. The van der Waals surface area contributed by atoms with Gasteiger partial charge in [0.2, 0.25) is 5.82 Å². The minimum Gasteiger partial charge on any atom is -0.366 e. The standard InChI is InChI=1S/C13H19FN2O2/c1-9(13(2,3)4)15(5)11-8-6-7-10(14)12(11)16(17)18/h6-9H,1-5H3. The average Bonchev–Trinajstić information content (AvgIpc) is 2.24. The van der Waals surface area contributed by atoms with E-state index in [0.717, 1.165) is 6.07 Å². The van der Waals surface area contributed by atoms with Gasteiger partial charge in [-0.1, -0.05) is 26.8 Å². The number of para-hydroxylation sites is 1. The van der Waals surface area contributed by atoms with Crippen LogP contribution < -0.4 is 4.90 Å². The quantitative estimate of drug-likeness (QED) is 0.611. The lowest BCUT2D eigenvalue weighted by atomic mass is 9.87. The summed E-state index contributed by atoms with van der Waals surface area (Å²) in [5.41, 5.74) is -0.215. The van der Waals surface area contributed by atoms with Gasteiger partial charge in [-0.2, -0.15) is 4.39 Å². The number of rotatable bonds is 3. The second-order valence-electron chi connectivity index (χ2n) is 5.52. The third-order valence-corrected chi connectivity index (χ3v) is 3.36. The van der Waals surface area contributed by atoms with Crippen LogP contribution in [0.5, 0.6) is 0 Å². The summed E-state index contributed by atoms with van der Waals surface area (Å²) in [5.74, 6) is -0.801. The minimum absolute atomic E-state index is 0.0398. The van der Waals surface area contributed by atoms with Crippen LogP contribution in [0.15, 0.2) is 18.2 Å². The number of nitrogens with zero attached hydrogens (tertiary/aromatic N) is 2. The molecule has 1 rings (SSSR count). The van der Waals surface area contributed by atoms with Crippen molar-refractivity contribution in [2.24, 2.45) is 5.41 Å². The van der Waals surface area contributed by atoms with Gasteiger partial charge in [0, 0.05) is 13.1 Å². The Kier molecular flexibility index (Phi) is 3.94. The predicted octanol–water partition coefficient (Wildman–Crippen LogP) is 3.60. The fourth-order valence-electron chi connectivity index (χ4n) is 1.76. The number of halogens is 1. The highest BCUT2D eigenvalue weighted by Gasteiger charge is 2.29. The summed E-state index contributed by atoms with van der Waals surface area (Å²) in [7, 11) is 1.75. The molecular formula is C13H19FN2O2. The molecule has 0 amide bonds. The molecule has 1 aromatic rings. The minimum atomic E-state index is -0.801. The maximum absolute atomic E-state index is 13.6. The van der Waals surface area contributed by atoms with Gasteiger partial charge >= 0.3 is 5.69 Å². The van der Waals surface area contributed by atoms with Gasteiger partial charge in [-0.05, 0) is 24.5 Å². The molecule has 0 aromatic heterocycles. The molecule has 0 radical (unpaired) electrons. The van der Waals surface area contributed by atoms with E-state index in [4.69, 9.17) is 0 Å². The van der Waals surface area contributed by atoms with Crippen LogP contribution in [0.25, 0.3) is 0 Å². The summed E-state index contributed by atoms with van der Waals surface area (Å²) < 4.78 is 13.6. The maximum Gasteiger partial charge on any atom is 0.327 e. The van der Waals surface area contributed by atoms with Gasteiger partial charge < -0.3 is 4.90 Å². The Bertz CT molecular complexity index is 455. The van der Waals surface area contributed by atoms with Gasteiger partial charge in [0.15, 0.2) is 0 Å². The third-order valence-electron chi connectivity index (χ3n) is 3.36. The summed E-state index contributed by atoms with van der Waals surface area (Å²) in [4.78, 5) is 12.0. The highest BCUT2D eigenvalue weighted by Crippen LogP contribution is 2.34. The van der Waals surface area contributed by atoms with Gasteiger partial charge in [0.1, 0.15) is 5.69 Å². The number of nitro benzene ring substituents is 1. The van der Waals surface area contributed by atoms with Crippen molar-refractivity contribution in [2.75, 3.05) is 11.9 Å². The topological polar surface area (TPSA) is 46.4 Å². The largest absolute Gasteiger partial charge is 0.366 e. The Balaban J connectivity index is 3.26. The number of hydrogen-bond donors (Lipinski definition) is 0. The molecule has 1 unspecified atom stereocenters. The van der Waals surface area contributed by atoms with Crippen LogP contribution in [0.4, 0.5) is 15.8 Å². The fourth-order valence-corrected chi connectivity index (χ4v) is 1.76. The number of nitro groups is 1. The van der Waals surface area contributed by atoms with Gasteiger partial charge in [0.25, 0.3) is 0 Å². The first-order valence-corrected chi connectivity index (χ1v) is 5.82. The van der Waals surface area contributed by atoms with Crippen LogP contribution in [0.1, 0.15) is 27.7 Å². The molecule has 0 bridgehead atoms. The molecule has 0 saturated heterocycles. The average molecular weight is 254 g/mol. The first-order valence-electron chi connectivity index (χ1n) is 5.82. The van der Waals surface area contributed by atoms with E-state index in [1.54, 1.807) is 18.0 Å². The molecule has 0 N–H and O–H groups in total. The van der Waals surface area contributed by atoms with E-state index in [1.807, 2.05) is 27.7 Å². The van der Waals surface area contributed by atoms with Crippen LogP contribution in [0.3, 0.4) is 0 Å². The molecule has 1 aromatic carbocycles. The molecule has 100 valence electrons. The molecule has 18 heavy (non-hydrogen) atoms. The predicted molar refractivity (Wildman–Crippen MR) is 70.4 cm³/mol. The molecule has 0 heterocycles. The molecule has 0 spiro atoms. The highest BCUT2D eigenvalue weighted by molar-refractivity contribution is 5.64. The number of benzene rings is 1. The van der Waals surface area contributed by atoms with Crippen molar-refractivity contribution >= 4 is 11.4 Å². The summed E-state index contributed by atoms with van der Waals surface area (Å²) in [5, 5.41) is 11.0. The molecule has 0 aliphatic heterocycles. The lowest BCUT2D eigenvalue weighted by Gasteiger charge is -2.36. The van der Waals surface area contributed by atoms with Crippen LogP contribution in [-0.2, 0) is 0 Å². The van der Waals surface area contributed by atoms with E-state index in [0.29, 0.717) is 5.69 Å². The molecule has 5 heteroatoms. The van der Waals surface area contributed by atoms with Crippen molar-refractivity contribution in [2.45, 2.75) is 33.7 Å².